The van der Waals surface area contributed by atoms with Crippen molar-refractivity contribution >= 4 is 17.6 Å². The number of thioether (sulfide) groups is 1. The first-order chi connectivity index (χ1) is 11.2. The van der Waals surface area contributed by atoms with Crippen molar-refractivity contribution in [3.63, 3.8) is 0 Å². The van der Waals surface area contributed by atoms with Crippen LogP contribution in [0.1, 0.15) is 18.4 Å². The fourth-order valence-corrected chi connectivity index (χ4v) is 3.02. The predicted molar refractivity (Wildman–Crippen MR) is 91.2 cm³/mol. The first-order valence-electron chi connectivity index (χ1n) is 7.51. The van der Waals surface area contributed by atoms with E-state index in [1.807, 2.05) is 6.92 Å². The Balaban J connectivity index is 1.61. The molecule has 2 N–H and O–H groups in total. The number of nitrogens with zero attached hydrogens (tertiary/aromatic N) is 4. The fraction of sp³-hybridized carbons (Fsp3) is 0.312. The van der Waals surface area contributed by atoms with E-state index < -0.39 is 0 Å². The molecule has 1 aromatic carbocycles. The second kappa shape index (κ2) is 6.87. The zero-order chi connectivity index (χ0) is 16.2. The average Bonchev–Trinajstić information content (AvgIpc) is 3.15. The summed E-state index contributed by atoms with van der Waals surface area (Å²) in [5, 5.41) is 8.20. The van der Waals surface area contributed by atoms with E-state index >= 15 is 0 Å². The second-order valence-electron chi connectivity index (χ2n) is 5.18. The molecule has 0 saturated carbocycles. The predicted octanol–water partition coefficient (Wildman–Crippen LogP) is 3.18. The lowest BCUT2D eigenvalue weighted by Gasteiger charge is -1.99. The highest BCUT2D eigenvalue weighted by molar-refractivity contribution is 7.99. The molecule has 3 rings (SSSR count). The van der Waals surface area contributed by atoms with Gasteiger partial charge in [-0.05, 0) is 26.0 Å². The number of aromatic nitrogens is 4. The van der Waals surface area contributed by atoms with Crippen LogP contribution in [0.15, 0.2) is 39.9 Å². The van der Waals surface area contributed by atoms with Crippen molar-refractivity contribution in [3.05, 3.63) is 41.9 Å². The van der Waals surface area contributed by atoms with E-state index in [-0.39, 0.29) is 0 Å². The van der Waals surface area contributed by atoms with Crippen molar-refractivity contribution in [1.82, 2.24) is 19.9 Å². The lowest BCUT2D eigenvalue weighted by Crippen LogP contribution is -2.02. The number of hydrogen-bond acceptors (Lipinski definition) is 6. The van der Waals surface area contributed by atoms with Crippen LogP contribution in [0.5, 0.6) is 0 Å². The molecule has 0 aliphatic heterocycles. The summed E-state index contributed by atoms with van der Waals surface area (Å²) in [5.41, 5.74) is 8.00. The van der Waals surface area contributed by atoms with Gasteiger partial charge in [0.15, 0.2) is 0 Å². The Morgan fingerprint density at radius 3 is 2.74 bits per heavy atom. The number of anilines is 1. The summed E-state index contributed by atoms with van der Waals surface area (Å²) in [6.07, 6.45) is 2.39. The van der Waals surface area contributed by atoms with Crippen LogP contribution in [0.4, 0.5) is 5.82 Å². The Morgan fingerprint density at radius 1 is 1.26 bits per heavy atom. The van der Waals surface area contributed by atoms with Crippen molar-refractivity contribution in [2.24, 2.45) is 0 Å². The first-order valence-corrected chi connectivity index (χ1v) is 8.49. The molecule has 23 heavy (non-hydrogen) atoms. The summed E-state index contributed by atoms with van der Waals surface area (Å²) in [7, 11) is 0. The van der Waals surface area contributed by atoms with Gasteiger partial charge in [0.2, 0.25) is 11.7 Å². The normalized spacial score (nSPS) is 11.0. The number of nitrogen functional groups attached to an aromatic ring is 1. The largest absolute Gasteiger partial charge is 0.383 e. The molecule has 0 fully saturated rings. The molecule has 2 heterocycles. The molecule has 0 radical (unpaired) electrons. The third-order valence-corrected chi connectivity index (χ3v) is 4.51. The maximum absolute atomic E-state index is 6.02. The van der Waals surface area contributed by atoms with Crippen LogP contribution >= 0.6 is 11.8 Å². The first kappa shape index (κ1) is 15.6. The number of rotatable bonds is 6. The quantitative estimate of drug-likeness (QED) is 0.699. The van der Waals surface area contributed by atoms with E-state index in [0.29, 0.717) is 36.1 Å². The molecule has 0 bridgehead atoms. The van der Waals surface area contributed by atoms with Crippen molar-refractivity contribution in [2.75, 3.05) is 11.5 Å². The molecule has 0 atom stereocenters. The Bertz CT molecular complexity index is 778. The smallest absolute Gasteiger partial charge is 0.227 e. The van der Waals surface area contributed by atoms with Crippen molar-refractivity contribution in [2.45, 2.75) is 31.7 Å². The van der Waals surface area contributed by atoms with Crippen LogP contribution < -0.4 is 5.73 Å². The average molecular weight is 329 g/mol. The van der Waals surface area contributed by atoms with Gasteiger partial charge >= 0.3 is 0 Å². The van der Waals surface area contributed by atoms with Crippen LogP contribution in [0.2, 0.25) is 0 Å². The number of hydrogen-bond donors (Lipinski definition) is 1. The Labute approximate surface area is 139 Å². The summed E-state index contributed by atoms with van der Waals surface area (Å²) >= 11 is 1.77. The molecule has 0 amide bonds. The van der Waals surface area contributed by atoms with Gasteiger partial charge in [0.05, 0.1) is 11.8 Å². The molecule has 0 aliphatic carbocycles. The van der Waals surface area contributed by atoms with E-state index in [9.17, 15) is 0 Å². The maximum Gasteiger partial charge on any atom is 0.227 e. The number of aryl methyl sites for hydroxylation is 3. The highest BCUT2D eigenvalue weighted by Gasteiger charge is 2.15. The molecule has 0 unspecified atom stereocenters. The van der Waals surface area contributed by atoms with E-state index in [0.717, 1.165) is 5.75 Å². The molecule has 7 heteroatoms. The van der Waals surface area contributed by atoms with E-state index in [4.69, 9.17) is 10.3 Å². The van der Waals surface area contributed by atoms with Crippen LogP contribution in [-0.2, 0) is 13.0 Å². The molecule has 2 aromatic heterocycles. The minimum Gasteiger partial charge on any atom is -0.383 e. The number of nitrogens with two attached hydrogens (primary N) is 1. The molecule has 3 aromatic rings. The lowest BCUT2D eigenvalue weighted by molar-refractivity contribution is 0.383. The summed E-state index contributed by atoms with van der Waals surface area (Å²) < 4.78 is 7.01. The molecule has 6 nitrogen and oxygen atoms in total. The van der Waals surface area contributed by atoms with Gasteiger partial charge in [0.25, 0.3) is 0 Å². The van der Waals surface area contributed by atoms with Gasteiger partial charge in [-0.25, -0.2) is 4.68 Å². The van der Waals surface area contributed by atoms with Crippen molar-refractivity contribution in [3.8, 4) is 11.4 Å². The Hall–Kier alpha value is -2.28. The zero-order valence-electron chi connectivity index (χ0n) is 13.2. The van der Waals surface area contributed by atoms with E-state index in [1.54, 1.807) is 22.6 Å². The van der Waals surface area contributed by atoms with Crippen LogP contribution in [0.25, 0.3) is 11.4 Å². The monoisotopic (exact) mass is 329 g/mol. The standard InChI is InChI=1S/C16H19N5OS/c1-3-21-15(17)13(10-18-21)16-19-14(22-20-16)8-9-23-12-6-4-11(2)5-7-12/h4-7,10H,3,8-9,17H2,1-2H3. The van der Waals surface area contributed by atoms with Gasteiger partial charge < -0.3 is 10.3 Å². The third-order valence-electron chi connectivity index (χ3n) is 3.49. The Morgan fingerprint density at radius 2 is 2.04 bits per heavy atom. The topological polar surface area (TPSA) is 82.8 Å². The van der Waals surface area contributed by atoms with Crippen molar-refractivity contribution in [1.29, 1.82) is 0 Å². The SMILES string of the molecule is CCn1ncc(-c2noc(CCSc3ccc(C)cc3)n2)c1N. The van der Waals surface area contributed by atoms with E-state index in [1.165, 1.54) is 10.5 Å². The minimum atomic E-state index is 0.498. The molecule has 0 saturated heterocycles. The van der Waals surface area contributed by atoms with Gasteiger partial charge in [0.1, 0.15) is 5.82 Å². The summed E-state index contributed by atoms with van der Waals surface area (Å²) in [5.74, 6) is 2.56. The molecule has 0 spiro atoms. The van der Waals surface area contributed by atoms with Gasteiger partial charge in [-0.1, -0.05) is 22.9 Å². The van der Waals surface area contributed by atoms with Crippen molar-refractivity contribution < 1.29 is 4.52 Å². The van der Waals surface area contributed by atoms with Crippen LogP contribution in [0, 0.1) is 6.92 Å². The third kappa shape index (κ3) is 3.56. The molecule has 0 aliphatic rings. The number of benzene rings is 1. The van der Waals surface area contributed by atoms with Gasteiger partial charge in [-0.2, -0.15) is 10.1 Å². The maximum atomic E-state index is 6.02. The molecule has 120 valence electrons. The molecular formula is C16H19N5OS. The zero-order valence-corrected chi connectivity index (χ0v) is 14.0. The summed E-state index contributed by atoms with van der Waals surface area (Å²) in [6.45, 7) is 4.78. The van der Waals surface area contributed by atoms with Crippen LogP contribution in [0.3, 0.4) is 0 Å². The van der Waals surface area contributed by atoms with Crippen LogP contribution in [-0.4, -0.2) is 25.7 Å². The van der Waals surface area contributed by atoms with Gasteiger partial charge in [-0.3, -0.25) is 0 Å². The minimum absolute atomic E-state index is 0.498. The highest BCUT2D eigenvalue weighted by atomic mass is 32.2. The van der Waals surface area contributed by atoms with E-state index in [2.05, 4.69) is 46.4 Å². The van der Waals surface area contributed by atoms with Gasteiger partial charge in [0, 0.05) is 23.6 Å². The Kier molecular flexibility index (Phi) is 4.66. The second-order valence-corrected chi connectivity index (χ2v) is 6.35. The molecular weight excluding hydrogens is 310 g/mol. The summed E-state index contributed by atoms with van der Waals surface area (Å²) in [6, 6.07) is 8.47. The summed E-state index contributed by atoms with van der Waals surface area (Å²) in [4.78, 5) is 5.65. The lowest BCUT2D eigenvalue weighted by atomic mass is 10.2. The highest BCUT2D eigenvalue weighted by Crippen LogP contribution is 2.24. The van der Waals surface area contributed by atoms with Gasteiger partial charge in [-0.15, -0.1) is 11.8 Å². The fourth-order valence-electron chi connectivity index (χ4n) is 2.18.